The van der Waals surface area contributed by atoms with E-state index >= 15 is 0 Å². The summed E-state index contributed by atoms with van der Waals surface area (Å²) in [6.07, 6.45) is 3.01. The lowest BCUT2D eigenvalue weighted by Crippen LogP contribution is -2.47. The molecule has 0 bridgehead atoms. The van der Waals surface area contributed by atoms with Crippen molar-refractivity contribution in [2.45, 2.75) is 49.4 Å². The van der Waals surface area contributed by atoms with Gasteiger partial charge in [0.05, 0.1) is 0 Å². The van der Waals surface area contributed by atoms with Gasteiger partial charge in [-0.1, -0.05) is 6.42 Å². The number of piperidine rings is 1. The van der Waals surface area contributed by atoms with Crippen LogP contribution in [0.1, 0.15) is 33.1 Å². The van der Waals surface area contributed by atoms with E-state index in [2.05, 4.69) is 15.9 Å². The van der Waals surface area contributed by atoms with Crippen LogP contribution in [0, 0.1) is 0 Å². The van der Waals surface area contributed by atoms with Crippen molar-refractivity contribution < 1.29 is 8.42 Å². The first-order valence-electron chi connectivity index (χ1n) is 5.71. The Labute approximate surface area is 115 Å². The van der Waals surface area contributed by atoms with Crippen LogP contribution in [0.3, 0.4) is 0 Å². The van der Waals surface area contributed by atoms with E-state index in [4.69, 9.17) is 0 Å². The van der Waals surface area contributed by atoms with Crippen LogP contribution in [-0.4, -0.2) is 24.8 Å². The summed E-state index contributed by atoms with van der Waals surface area (Å²) in [4.78, 5) is 0. The smallest absolute Gasteiger partial charge is 0.206 e. The van der Waals surface area contributed by atoms with E-state index in [1.165, 1.54) is 11.3 Å². The summed E-state index contributed by atoms with van der Waals surface area (Å²) in [5.41, 5.74) is 0. The molecule has 0 aliphatic carbocycles. The number of thiophene rings is 1. The normalized spacial score (nSPS) is 27.2. The summed E-state index contributed by atoms with van der Waals surface area (Å²) < 4.78 is 28.0. The number of rotatable bonds is 2. The lowest BCUT2D eigenvalue weighted by molar-refractivity contribution is 0.204. The molecule has 0 aromatic carbocycles. The summed E-state index contributed by atoms with van der Waals surface area (Å²) in [6.45, 7) is 3.99. The largest absolute Gasteiger partial charge is 0.254 e. The molecule has 1 aromatic heterocycles. The molecule has 1 aliphatic heterocycles. The minimum Gasteiger partial charge on any atom is -0.206 e. The molecule has 1 aromatic rings. The Morgan fingerprint density at radius 1 is 1.35 bits per heavy atom. The molecular weight excluding hydrogens is 322 g/mol. The number of halogens is 1. The summed E-state index contributed by atoms with van der Waals surface area (Å²) in [6, 6.07) is 1.98. The summed E-state index contributed by atoms with van der Waals surface area (Å²) in [5.74, 6) is 0. The van der Waals surface area contributed by atoms with Crippen molar-refractivity contribution >= 4 is 37.3 Å². The second-order valence-electron chi connectivity index (χ2n) is 4.52. The molecule has 1 saturated heterocycles. The van der Waals surface area contributed by atoms with Crippen molar-refractivity contribution in [3.63, 3.8) is 0 Å². The maximum absolute atomic E-state index is 12.6. The van der Waals surface area contributed by atoms with E-state index in [1.807, 2.05) is 13.8 Å². The van der Waals surface area contributed by atoms with Gasteiger partial charge in [0.25, 0.3) is 10.0 Å². The molecule has 2 atom stereocenters. The average molecular weight is 338 g/mol. The van der Waals surface area contributed by atoms with Gasteiger partial charge < -0.3 is 0 Å². The maximum Gasteiger partial charge on any atom is 0.254 e. The van der Waals surface area contributed by atoms with Gasteiger partial charge in [0.15, 0.2) is 0 Å². The van der Waals surface area contributed by atoms with Crippen LogP contribution >= 0.6 is 27.3 Å². The first kappa shape index (κ1) is 13.5. The van der Waals surface area contributed by atoms with Crippen molar-refractivity contribution in [3.8, 4) is 0 Å². The number of hydrogen-bond acceptors (Lipinski definition) is 3. The Bertz CT molecular complexity index is 487. The van der Waals surface area contributed by atoms with Crippen LogP contribution in [0.4, 0.5) is 0 Å². The van der Waals surface area contributed by atoms with E-state index < -0.39 is 10.0 Å². The number of sulfonamides is 1. The number of nitrogens with zero attached hydrogens (tertiary/aromatic N) is 1. The lowest BCUT2D eigenvalue weighted by Gasteiger charge is -2.37. The zero-order chi connectivity index (χ0) is 12.6. The van der Waals surface area contributed by atoms with E-state index in [1.54, 1.807) is 15.8 Å². The third kappa shape index (κ3) is 2.45. The molecule has 2 heterocycles. The summed E-state index contributed by atoms with van der Waals surface area (Å²) >= 11 is 4.59. The van der Waals surface area contributed by atoms with Gasteiger partial charge in [-0.2, -0.15) is 4.31 Å². The molecule has 0 unspecified atom stereocenters. The van der Waals surface area contributed by atoms with Crippen molar-refractivity contribution in [1.29, 1.82) is 0 Å². The molecule has 0 spiro atoms. The van der Waals surface area contributed by atoms with Gasteiger partial charge in [0.2, 0.25) is 0 Å². The maximum atomic E-state index is 12.6. The lowest BCUT2D eigenvalue weighted by atomic mass is 10.0. The molecule has 1 aliphatic rings. The Hall–Kier alpha value is 0.0900. The third-order valence-electron chi connectivity index (χ3n) is 3.21. The molecule has 96 valence electrons. The molecule has 0 saturated carbocycles. The molecule has 3 nitrogen and oxygen atoms in total. The average Bonchev–Trinajstić information content (AvgIpc) is 2.64. The molecule has 17 heavy (non-hydrogen) atoms. The Kier molecular flexibility index (Phi) is 3.97. The van der Waals surface area contributed by atoms with Gasteiger partial charge in [-0.3, -0.25) is 0 Å². The first-order chi connectivity index (χ1) is 7.94. The SMILES string of the molecule is C[C@@H]1CCC[C@H](C)N1S(=O)(=O)c1sccc1Br. The third-order valence-corrected chi connectivity index (χ3v) is 7.98. The van der Waals surface area contributed by atoms with E-state index in [0.29, 0.717) is 8.68 Å². The molecule has 6 heteroatoms. The van der Waals surface area contributed by atoms with Gasteiger partial charge in [-0.15, -0.1) is 11.3 Å². The van der Waals surface area contributed by atoms with Crippen LogP contribution in [0.25, 0.3) is 0 Å². The molecule has 1 fully saturated rings. The Balaban J connectivity index is 2.41. The zero-order valence-electron chi connectivity index (χ0n) is 9.89. The highest BCUT2D eigenvalue weighted by atomic mass is 79.9. The van der Waals surface area contributed by atoms with Crippen molar-refractivity contribution in [2.24, 2.45) is 0 Å². The standard InChI is InChI=1S/C11H16BrNO2S2/c1-8-4-3-5-9(2)13(8)17(14,15)11-10(12)6-7-16-11/h6-9H,3-5H2,1-2H3/t8-,9+. The van der Waals surface area contributed by atoms with Crippen molar-refractivity contribution in [3.05, 3.63) is 15.9 Å². The highest BCUT2D eigenvalue weighted by molar-refractivity contribution is 9.10. The number of hydrogen-bond donors (Lipinski definition) is 0. The van der Waals surface area contributed by atoms with Gasteiger partial charge in [-0.25, -0.2) is 8.42 Å². The fraction of sp³-hybridized carbons (Fsp3) is 0.636. The monoisotopic (exact) mass is 337 g/mol. The molecule has 0 amide bonds. The molecule has 0 radical (unpaired) electrons. The minimum atomic E-state index is -3.34. The van der Waals surface area contributed by atoms with Crippen molar-refractivity contribution in [2.75, 3.05) is 0 Å². The predicted octanol–water partition coefficient (Wildman–Crippen LogP) is 3.46. The topological polar surface area (TPSA) is 37.4 Å². The van der Waals surface area contributed by atoms with Crippen LogP contribution in [-0.2, 0) is 10.0 Å². The predicted molar refractivity (Wildman–Crippen MR) is 73.8 cm³/mol. The highest BCUT2D eigenvalue weighted by Crippen LogP contribution is 2.35. The van der Waals surface area contributed by atoms with E-state index in [9.17, 15) is 8.42 Å². The second-order valence-corrected chi connectivity index (χ2v) is 8.33. The van der Waals surface area contributed by atoms with Crippen LogP contribution in [0.2, 0.25) is 0 Å². The van der Waals surface area contributed by atoms with E-state index in [0.717, 1.165) is 19.3 Å². The zero-order valence-corrected chi connectivity index (χ0v) is 13.1. The van der Waals surface area contributed by atoms with Crippen LogP contribution in [0.15, 0.2) is 20.1 Å². The van der Waals surface area contributed by atoms with Gasteiger partial charge in [-0.05, 0) is 54.1 Å². The summed E-state index contributed by atoms with van der Waals surface area (Å²) in [5, 5.41) is 1.80. The fourth-order valence-electron chi connectivity index (χ4n) is 2.43. The molecule has 2 rings (SSSR count). The second kappa shape index (κ2) is 4.99. The van der Waals surface area contributed by atoms with Gasteiger partial charge in [0.1, 0.15) is 4.21 Å². The van der Waals surface area contributed by atoms with E-state index in [-0.39, 0.29) is 12.1 Å². The van der Waals surface area contributed by atoms with Crippen molar-refractivity contribution in [1.82, 2.24) is 4.31 Å². The van der Waals surface area contributed by atoms with Crippen LogP contribution in [0.5, 0.6) is 0 Å². The fourth-order valence-corrected chi connectivity index (χ4v) is 6.72. The molecule has 0 N–H and O–H groups in total. The highest BCUT2D eigenvalue weighted by Gasteiger charge is 2.37. The summed E-state index contributed by atoms with van der Waals surface area (Å²) in [7, 11) is -3.34. The minimum absolute atomic E-state index is 0.0951. The van der Waals surface area contributed by atoms with Gasteiger partial charge in [0, 0.05) is 16.6 Å². The molecular formula is C11H16BrNO2S2. The quantitative estimate of drug-likeness (QED) is 0.828. The van der Waals surface area contributed by atoms with Crippen LogP contribution < -0.4 is 0 Å². The Morgan fingerprint density at radius 2 is 1.94 bits per heavy atom. The first-order valence-corrected chi connectivity index (χ1v) is 8.82. The van der Waals surface area contributed by atoms with Gasteiger partial charge >= 0.3 is 0 Å². The Morgan fingerprint density at radius 3 is 2.41 bits per heavy atom.